The maximum atomic E-state index is 13.7. The molecule has 6 nitrogen and oxygen atoms in total. The van der Waals surface area contributed by atoms with Gasteiger partial charge in [-0.2, -0.15) is 0 Å². The van der Waals surface area contributed by atoms with Crippen LogP contribution in [0.5, 0.6) is 5.75 Å². The largest absolute Gasteiger partial charge is 0.483 e. The molecule has 0 saturated carbocycles. The van der Waals surface area contributed by atoms with Crippen LogP contribution in [-0.2, 0) is 9.59 Å². The Kier molecular flexibility index (Phi) is 6.02. The number of anilines is 1. The summed E-state index contributed by atoms with van der Waals surface area (Å²) in [5.41, 5.74) is 5.66. The van der Waals surface area contributed by atoms with Crippen LogP contribution in [0.25, 0.3) is 6.08 Å². The number of benzene rings is 2. The third kappa shape index (κ3) is 5.01. The Morgan fingerprint density at radius 1 is 1.37 bits per heavy atom. The number of nitrogens with two attached hydrogens (primary N) is 1. The highest BCUT2D eigenvalue weighted by atomic mass is 79.9. The molecule has 1 fully saturated rings. The van der Waals surface area contributed by atoms with Gasteiger partial charge < -0.3 is 21.1 Å². The van der Waals surface area contributed by atoms with E-state index in [1.54, 1.807) is 42.5 Å². The van der Waals surface area contributed by atoms with Crippen LogP contribution in [0.2, 0.25) is 0 Å². The molecule has 0 bridgehead atoms. The third-order valence-corrected chi connectivity index (χ3v) is 5.16. The second-order valence-corrected chi connectivity index (χ2v) is 7.55. The molecule has 140 valence electrons. The molecule has 1 heterocycles. The smallest absolute Gasteiger partial charge is 0.260 e. The molecule has 1 saturated heterocycles. The van der Waals surface area contributed by atoms with Crippen LogP contribution in [-0.4, -0.2) is 23.9 Å². The Hall–Kier alpha value is -2.52. The molecule has 4 N–H and O–H groups in total. The zero-order valence-electron chi connectivity index (χ0n) is 13.9. The fourth-order valence-corrected chi connectivity index (χ4v) is 3.80. The molecular weight excluding hydrogens is 437 g/mol. The van der Waals surface area contributed by atoms with E-state index < -0.39 is 11.4 Å². The van der Waals surface area contributed by atoms with Crippen molar-refractivity contribution in [2.75, 3.05) is 11.9 Å². The van der Waals surface area contributed by atoms with Crippen LogP contribution in [0.15, 0.2) is 51.8 Å². The first-order chi connectivity index (χ1) is 12.9. The lowest BCUT2D eigenvalue weighted by Crippen LogP contribution is -2.31. The second-order valence-electron chi connectivity index (χ2n) is 5.55. The van der Waals surface area contributed by atoms with Crippen LogP contribution in [0.1, 0.15) is 5.56 Å². The van der Waals surface area contributed by atoms with Crippen molar-refractivity contribution in [1.29, 1.82) is 0 Å². The summed E-state index contributed by atoms with van der Waals surface area (Å²) in [6.07, 6.45) is 1.71. The van der Waals surface area contributed by atoms with Crippen molar-refractivity contribution in [2.45, 2.75) is 5.50 Å². The lowest BCUT2D eigenvalue weighted by molar-refractivity contribution is -0.120. The molecule has 2 amide bonds. The predicted octanol–water partition coefficient (Wildman–Crippen LogP) is 3.05. The minimum atomic E-state index is -0.569. The molecule has 1 aliphatic rings. The van der Waals surface area contributed by atoms with Gasteiger partial charge in [0.1, 0.15) is 11.6 Å². The van der Waals surface area contributed by atoms with Gasteiger partial charge in [0.05, 0.1) is 15.1 Å². The first-order valence-electron chi connectivity index (χ1n) is 7.83. The van der Waals surface area contributed by atoms with E-state index in [0.717, 1.165) is 5.56 Å². The third-order valence-electron chi connectivity index (χ3n) is 3.51. The van der Waals surface area contributed by atoms with Gasteiger partial charge in [-0.3, -0.25) is 9.59 Å². The summed E-state index contributed by atoms with van der Waals surface area (Å²) >= 11 is 4.61. The van der Waals surface area contributed by atoms with Crippen molar-refractivity contribution in [2.24, 2.45) is 5.73 Å². The molecule has 1 aliphatic heterocycles. The molecule has 0 spiro atoms. The van der Waals surface area contributed by atoms with Crippen molar-refractivity contribution in [3.63, 3.8) is 0 Å². The summed E-state index contributed by atoms with van der Waals surface area (Å²) < 4.78 is 19.6. The molecule has 27 heavy (non-hydrogen) atoms. The molecule has 0 radical (unpaired) electrons. The topological polar surface area (TPSA) is 93.5 Å². The van der Waals surface area contributed by atoms with Gasteiger partial charge in [0, 0.05) is 0 Å². The van der Waals surface area contributed by atoms with Crippen molar-refractivity contribution < 1.29 is 18.7 Å². The van der Waals surface area contributed by atoms with Gasteiger partial charge in [-0.1, -0.05) is 30.0 Å². The number of rotatable bonds is 6. The molecule has 2 aromatic carbocycles. The second kappa shape index (κ2) is 8.45. The fourth-order valence-electron chi connectivity index (χ4n) is 2.31. The first-order valence-corrected chi connectivity index (χ1v) is 9.50. The first kappa shape index (κ1) is 19.2. The highest BCUT2D eigenvalue weighted by Crippen LogP contribution is 2.32. The lowest BCUT2D eigenvalue weighted by atomic mass is 10.2. The number of carbonyl (C=O) groups excluding carboxylic acids is 2. The number of amides is 2. The number of hydrogen-bond donors (Lipinski definition) is 3. The Bertz CT molecular complexity index is 922. The van der Waals surface area contributed by atoms with E-state index in [-0.39, 0.29) is 18.3 Å². The number of primary amides is 1. The zero-order chi connectivity index (χ0) is 19.4. The molecule has 0 aromatic heterocycles. The normalized spacial score (nSPS) is 17.6. The summed E-state index contributed by atoms with van der Waals surface area (Å²) in [5, 5.41) is 5.69. The minimum Gasteiger partial charge on any atom is -0.483 e. The number of thioether (sulfide) groups is 1. The quantitative estimate of drug-likeness (QED) is 0.586. The summed E-state index contributed by atoms with van der Waals surface area (Å²) in [5.74, 6) is -0.738. The van der Waals surface area contributed by atoms with Crippen LogP contribution in [0.3, 0.4) is 0 Å². The van der Waals surface area contributed by atoms with E-state index in [1.165, 1.54) is 17.8 Å². The van der Waals surface area contributed by atoms with Gasteiger partial charge >= 0.3 is 0 Å². The number of halogens is 2. The summed E-state index contributed by atoms with van der Waals surface area (Å²) in [4.78, 5) is 23.5. The van der Waals surface area contributed by atoms with E-state index in [1.807, 2.05) is 0 Å². The van der Waals surface area contributed by atoms with Gasteiger partial charge in [-0.15, -0.1) is 0 Å². The molecule has 1 unspecified atom stereocenters. The van der Waals surface area contributed by atoms with E-state index >= 15 is 0 Å². The zero-order valence-corrected chi connectivity index (χ0v) is 16.3. The summed E-state index contributed by atoms with van der Waals surface area (Å²) in [6, 6.07) is 11.4. The van der Waals surface area contributed by atoms with E-state index in [4.69, 9.17) is 10.5 Å². The summed E-state index contributed by atoms with van der Waals surface area (Å²) in [7, 11) is 0. The standard InChI is InChI=1S/C18H15BrFN3O3S/c19-11-7-10(5-6-14(11)26-9-16(21)24)8-15-17(25)23-18(27-15)22-13-4-2-1-3-12(13)20/h1-8,18,22H,9H2,(H2,21,24)(H,23,25)/b15-8-. The van der Waals surface area contributed by atoms with Crippen molar-refractivity contribution in [3.8, 4) is 5.75 Å². The van der Waals surface area contributed by atoms with Gasteiger partial charge in [0.25, 0.3) is 11.8 Å². The van der Waals surface area contributed by atoms with Gasteiger partial charge in [-0.25, -0.2) is 4.39 Å². The monoisotopic (exact) mass is 451 g/mol. The molecular formula is C18H15BrFN3O3S. The van der Waals surface area contributed by atoms with Gasteiger partial charge in [0.15, 0.2) is 12.1 Å². The minimum absolute atomic E-state index is 0.222. The maximum Gasteiger partial charge on any atom is 0.260 e. The van der Waals surface area contributed by atoms with Crippen molar-refractivity contribution in [3.05, 3.63) is 63.2 Å². The number of carbonyl (C=O) groups is 2. The molecule has 2 aromatic rings. The number of nitrogens with one attached hydrogen (secondary N) is 2. The average molecular weight is 452 g/mol. The van der Waals surface area contributed by atoms with E-state index in [2.05, 4.69) is 26.6 Å². The summed E-state index contributed by atoms with van der Waals surface area (Å²) in [6.45, 7) is -0.222. The Morgan fingerprint density at radius 2 is 2.15 bits per heavy atom. The maximum absolute atomic E-state index is 13.7. The number of hydrogen-bond acceptors (Lipinski definition) is 5. The Morgan fingerprint density at radius 3 is 2.85 bits per heavy atom. The lowest BCUT2D eigenvalue weighted by Gasteiger charge is -2.13. The molecule has 1 atom stereocenters. The van der Waals surface area contributed by atoms with Crippen LogP contribution in [0, 0.1) is 5.82 Å². The van der Waals surface area contributed by atoms with Crippen LogP contribution in [0.4, 0.5) is 10.1 Å². The van der Waals surface area contributed by atoms with Gasteiger partial charge in [0.2, 0.25) is 0 Å². The average Bonchev–Trinajstić information content (AvgIpc) is 2.95. The molecule has 3 rings (SSSR count). The van der Waals surface area contributed by atoms with Gasteiger partial charge in [-0.05, 0) is 51.8 Å². The Balaban J connectivity index is 1.70. The Labute approximate surface area is 167 Å². The van der Waals surface area contributed by atoms with Crippen LogP contribution < -0.4 is 21.1 Å². The van der Waals surface area contributed by atoms with Crippen molar-refractivity contribution >= 4 is 51.3 Å². The number of para-hydroxylation sites is 1. The van der Waals surface area contributed by atoms with E-state index in [0.29, 0.717) is 20.8 Å². The fraction of sp³-hybridized carbons (Fsp3) is 0.111. The van der Waals surface area contributed by atoms with Crippen molar-refractivity contribution in [1.82, 2.24) is 5.32 Å². The highest BCUT2D eigenvalue weighted by molar-refractivity contribution is 9.10. The SMILES string of the molecule is NC(=O)COc1ccc(/C=C2\SC(Nc3ccccc3F)NC2=O)cc1Br. The predicted molar refractivity (Wildman–Crippen MR) is 106 cm³/mol. The van der Waals surface area contributed by atoms with Crippen LogP contribution >= 0.6 is 27.7 Å². The highest BCUT2D eigenvalue weighted by Gasteiger charge is 2.27. The molecule has 9 heteroatoms. The number of ether oxygens (including phenoxy) is 1. The van der Waals surface area contributed by atoms with E-state index in [9.17, 15) is 14.0 Å². The molecule has 0 aliphatic carbocycles.